The van der Waals surface area contributed by atoms with Gasteiger partial charge in [0.05, 0.1) is 27.3 Å². The zero-order valence-corrected chi connectivity index (χ0v) is 30.5. The Morgan fingerprint density at radius 1 is 0.364 bits per heavy atom. The topological polar surface area (TPSA) is 38.7 Å². The Morgan fingerprint density at radius 2 is 0.945 bits per heavy atom. The lowest BCUT2D eigenvalue weighted by molar-refractivity contribution is 1.18. The van der Waals surface area contributed by atoms with Crippen molar-refractivity contribution in [1.82, 2.24) is 15.0 Å². The number of aromatic nitrogens is 3. The molecule has 11 rings (SSSR count). The highest BCUT2D eigenvalue weighted by Crippen LogP contribution is 2.44. The Balaban J connectivity index is 1.07. The second-order valence-electron chi connectivity index (χ2n) is 14.0. The molecular formula is C51H31N3S. The summed E-state index contributed by atoms with van der Waals surface area (Å²) in [5, 5.41) is 8.60. The summed E-state index contributed by atoms with van der Waals surface area (Å²) in [5.41, 5.74) is 10.4. The van der Waals surface area contributed by atoms with E-state index >= 15 is 0 Å². The van der Waals surface area contributed by atoms with Crippen molar-refractivity contribution in [2.45, 2.75) is 0 Å². The third-order valence-electron chi connectivity index (χ3n) is 10.7. The van der Waals surface area contributed by atoms with Crippen LogP contribution in [0.5, 0.6) is 0 Å². The Morgan fingerprint density at radius 3 is 1.71 bits per heavy atom. The first kappa shape index (κ1) is 31.5. The molecule has 0 aliphatic rings. The monoisotopic (exact) mass is 717 g/mol. The van der Waals surface area contributed by atoms with Gasteiger partial charge in [0.25, 0.3) is 0 Å². The fourth-order valence-electron chi connectivity index (χ4n) is 8.01. The molecule has 0 fully saturated rings. The first-order valence-corrected chi connectivity index (χ1v) is 19.3. The molecule has 0 atom stereocenters. The Bertz CT molecular complexity index is 3240. The van der Waals surface area contributed by atoms with Gasteiger partial charge in [-0.05, 0) is 69.1 Å². The van der Waals surface area contributed by atoms with E-state index in [0.717, 1.165) is 50.2 Å². The van der Waals surface area contributed by atoms with Crippen LogP contribution in [0.25, 0.3) is 109 Å². The van der Waals surface area contributed by atoms with E-state index in [1.807, 2.05) is 6.07 Å². The molecule has 55 heavy (non-hydrogen) atoms. The molecule has 3 heterocycles. The van der Waals surface area contributed by atoms with Gasteiger partial charge in [-0.3, -0.25) is 0 Å². The van der Waals surface area contributed by atoms with E-state index in [1.165, 1.54) is 52.8 Å². The van der Waals surface area contributed by atoms with E-state index in [2.05, 4.69) is 182 Å². The summed E-state index contributed by atoms with van der Waals surface area (Å²) < 4.78 is 2.40. The van der Waals surface area contributed by atoms with Crippen molar-refractivity contribution in [1.29, 1.82) is 0 Å². The van der Waals surface area contributed by atoms with E-state index in [0.29, 0.717) is 5.82 Å². The lowest BCUT2D eigenvalue weighted by Gasteiger charge is -2.12. The summed E-state index contributed by atoms with van der Waals surface area (Å²) in [6.07, 6.45) is 0. The molecule has 0 radical (unpaired) electrons. The Labute approximate surface area is 321 Å². The molecule has 0 amide bonds. The number of fused-ring (bicyclic) bond motifs is 8. The largest absolute Gasteiger partial charge is 0.246 e. The summed E-state index contributed by atoms with van der Waals surface area (Å²) in [5.74, 6) is 0.698. The number of benzene rings is 8. The predicted molar refractivity (Wildman–Crippen MR) is 232 cm³/mol. The van der Waals surface area contributed by atoms with Gasteiger partial charge in [-0.1, -0.05) is 152 Å². The zero-order chi connectivity index (χ0) is 36.3. The molecule has 0 N–H and O–H groups in total. The van der Waals surface area contributed by atoms with Crippen molar-refractivity contribution in [2.24, 2.45) is 0 Å². The standard InChI is InChI=1S/C51H31N3S/c1-3-13-33(14-4-1)45-31-46(34-25-23-32(24-26-34)42-29-36-17-7-8-18-38(36)39-19-9-10-20-40(39)42)54-51(53-45)37-27-28-47-43(30-37)48-41-21-11-12-22-44(41)52-49(50(48)55-47)35-15-5-2-6-16-35/h1-31H. The van der Waals surface area contributed by atoms with Crippen molar-refractivity contribution < 1.29 is 0 Å². The molecule has 0 spiro atoms. The van der Waals surface area contributed by atoms with Gasteiger partial charge in [-0.25, -0.2) is 15.0 Å². The highest BCUT2D eigenvalue weighted by atomic mass is 32.1. The molecule has 3 aromatic heterocycles. The Hall–Kier alpha value is -7.01. The molecule has 0 unspecified atom stereocenters. The fraction of sp³-hybridized carbons (Fsp3) is 0. The molecule has 8 aromatic carbocycles. The molecule has 4 heteroatoms. The van der Waals surface area contributed by atoms with Crippen molar-refractivity contribution in [3.8, 4) is 56.3 Å². The van der Waals surface area contributed by atoms with Gasteiger partial charge < -0.3 is 0 Å². The molecule has 0 aliphatic heterocycles. The van der Waals surface area contributed by atoms with Crippen LogP contribution < -0.4 is 0 Å². The van der Waals surface area contributed by atoms with Crippen LogP contribution in [0, 0.1) is 0 Å². The zero-order valence-electron chi connectivity index (χ0n) is 29.6. The third kappa shape index (κ3) is 5.38. The summed E-state index contributed by atoms with van der Waals surface area (Å²) in [6.45, 7) is 0. The molecule has 0 aliphatic carbocycles. The normalized spacial score (nSPS) is 11.6. The van der Waals surface area contributed by atoms with Crippen molar-refractivity contribution in [3.63, 3.8) is 0 Å². The summed E-state index contributed by atoms with van der Waals surface area (Å²) in [7, 11) is 0. The van der Waals surface area contributed by atoms with Crippen LogP contribution in [0.3, 0.4) is 0 Å². The maximum absolute atomic E-state index is 5.27. The van der Waals surface area contributed by atoms with Gasteiger partial charge >= 0.3 is 0 Å². The van der Waals surface area contributed by atoms with E-state index < -0.39 is 0 Å². The summed E-state index contributed by atoms with van der Waals surface area (Å²) >= 11 is 1.80. The van der Waals surface area contributed by atoms with Crippen LogP contribution in [0.2, 0.25) is 0 Å². The highest BCUT2D eigenvalue weighted by molar-refractivity contribution is 7.26. The van der Waals surface area contributed by atoms with Crippen molar-refractivity contribution in [2.75, 3.05) is 0 Å². The van der Waals surface area contributed by atoms with Crippen LogP contribution in [-0.2, 0) is 0 Å². The van der Waals surface area contributed by atoms with Gasteiger partial charge in [-0.2, -0.15) is 0 Å². The van der Waals surface area contributed by atoms with Crippen LogP contribution in [0.15, 0.2) is 188 Å². The second kappa shape index (κ2) is 12.8. The van der Waals surface area contributed by atoms with Gasteiger partial charge in [0.2, 0.25) is 0 Å². The van der Waals surface area contributed by atoms with Crippen LogP contribution >= 0.6 is 11.3 Å². The number of hydrogen-bond donors (Lipinski definition) is 0. The number of hydrogen-bond acceptors (Lipinski definition) is 4. The number of nitrogens with zero attached hydrogens (tertiary/aromatic N) is 3. The molecule has 3 nitrogen and oxygen atoms in total. The number of rotatable bonds is 5. The number of pyridine rings is 1. The van der Waals surface area contributed by atoms with E-state index in [1.54, 1.807) is 11.3 Å². The first-order chi connectivity index (χ1) is 27.2. The van der Waals surface area contributed by atoms with Gasteiger partial charge in [-0.15, -0.1) is 11.3 Å². The second-order valence-corrected chi connectivity index (χ2v) is 15.0. The van der Waals surface area contributed by atoms with Crippen LogP contribution in [0.1, 0.15) is 0 Å². The minimum absolute atomic E-state index is 0.698. The smallest absolute Gasteiger partial charge is 0.160 e. The Kier molecular flexibility index (Phi) is 7.35. The van der Waals surface area contributed by atoms with Gasteiger partial charge in [0.1, 0.15) is 0 Å². The van der Waals surface area contributed by atoms with E-state index in [-0.39, 0.29) is 0 Å². The highest BCUT2D eigenvalue weighted by Gasteiger charge is 2.18. The summed E-state index contributed by atoms with van der Waals surface area (Å²) in [4.78, 5) is 15.7. The van der Waals surface area contributed by atoms with Crippen molar-refractivity contribution >= 4 is 64.0 Å². The summed E-state index contributed by atoms with van der Waals surface area (Å²) in [6, 6.07) is 66.6. The third-order valence-corrected chi connectivity index (χ3v) is 11.8. The minimum Gasteiger partial charge on any atom is -0.246 e. The molecule has 11 aromatic rings. The quantitative estimate of drug-likeness (QED) is 0.166. The fourth-order valence-corrected chi connectivity index (χ4v) is 9.22. The lowest BCUT2D eigenvalue weighted by Crippen LogP contribution is -1.96. The SMILES string of the molecule is c1ccc(-c2cc(-c3ccc(-c4cc5ccccc5c5ccccc45)cc3)nc(-c3ccc4sc5c(-c6ccccc6)nc6ccccc6c5c4c3)n2)cc1. The van der Waals surface area contributed by atoms with Gasteiger partial charge in [0, 0.05) is 43.1 Å². The molecular weight excluding hydrogens is 687 g/mol. The van der Waals surface area contributed by atoms with E-state index in [4.69, 9.17) is 15.0 Å². The minimum atomic E-state index is 0.698. The molecule has 0 saturated carbocycles. The maximum atomic E-state index is 5.27. The lowest BCUT2D eigenvalue weighted by atomic mass is 9.93. The van der Waals surface area contributed by atoms with Gasteiger partial charge in [0.15, 0.2) is 5.82 Å². The predicted octanol–water partition coefficient (Wildman–Crippen LogP) is 14.0. The number of para-hydroxylation sites is 1. The molecule has 256 valence electrons. The average Bonchev–Trinajstić information content (AvgIpc) is 3.66. The van der Waals surface area contributed by atoms with Crippen LogP contribution in [0.4, 0.5) is 0 Å². The maximum Gasteiger partial charge on any atom is 0.160 e. The average molecular weight is 718 g/mol. The first-order valence-electron chi connectivity index (χ1n) is 18.5. The number of thiophene rings is 1. The van der Waals surface area contributed by atoms with Crippen molar-refractivity contribution in [3.05, 3.63) is 188 Å². The van der Waals surface area contributed by atoms with E-state index in [9.17, 15) is 0 Å². The van der Waals surface area contributed by atoms with Crippen LogP contribution in [-0.4, -0.2) is 15.0 Å². The molecule has 0 saturated heterocycles. The molecule has 0 bridgehead atoms.